The summed E-state index contributed by atoms with van der Waals surface area (Å²) < 4.78 is 5.62. The van der Waals surface area contributed by atoms with Crippen LogP contribution in [0.25, 0.3) is 0 Å². The summed E-state index contributed by atoms with van der Waals surface area (Å²) in [7, 11) is 0. The molecule has 166 valence electrons. The van der Waals surface area contributed by atoms with Gasteiger partial charge in [0.2, 0.25) is 5.91 Å². The number of rotatable bonds is 10. The van der Waals surface area contributed by atoms with Gasteiger partial charge in [-0.1, -0.05) is 37.3 Å². The molecule has 0 heterocycles. The first-order chi connectivity index (χ1) is 15.6. The molecular weight excluding hydrogens is 402 g/mol. The van der Waals surface area contributed by atoms with Crippen LogP contribution >= 0.6 is 0 Å². The van der Waals surface area contributed by atoms with E-state index in [1.807, 2.05) is 61.5 Å². The number of nitrogens with one attached hydrogen (secondary N) is 2. The molecular formula is C26H29N3O3. The molecule has 0 spiro atoms. The predicted octanol–water partition coefficient (Wildman–Crippen LogP) is 5.19. The highest BCUT2D eigenvalue weighted by Gasteiger charge is 2.16. The predicted molar refractivity (Wildman–Crippen MR) is 130 cm³/mol. The molecule has 0 unspecified atom stereocenters. The van der Waals surface area contributed by atoms with Gasteiger partial charge >= 0.3 is 0 Å². The molecule has 0 fully saturated rings. The number of anilines is 3. The summed E-state index contributed by atoms with van der Waals surface area (Å²) in [5, 5.41) is 5.95. The van der Waals surface area contributed by atoms with Crippen molar-refractivity contribution in [1.29, 1.82) is 0 Å². The smallest absolute Gasteiger partial charge is 0.258 e. The van der Waals surface area contributed by atoms with Gasteiger partial charge in [-0.05, 0) is 55.8 Å². The lowest BCUT2D eigenvalue weighted by atomic mass is 10.1. The molecule has 0 bridgehead atoms. The molecule has 3 aromatic rings. The highest BCUT2D eigenvalue weighted by molar-refractivity contribution is 6.07. The number of nitrogens with zero attached hydrogens (tertiary/aromatic N) is 1. The Hall–Kier alpha value is -3.80. The van der Waals surface area contributed by atoms with Crippen molar-refractivity contribution in [2.75, 3.05) is 35.2 Å². The maximum Gasteiger partial charge on any atom is 0.258 e. The lowest BCUT2D eigenvalue weighted by Gasteiger charge is -2.21. The van der Waals surface area contributed by atoms with E-state index >= 15 is 0 Å². The molecule has 0 aliphatic heterocycles. The van der Waals surface area contributed by atoms with Crippen LogP contribution in [0.3, 0.4) is 0 Å². The van der Waals surface area contributed by atoms with Gasteiger partial charge < -0.3 is 20.3 Å². The van der Waals surface area contributed by atoms with Crippen LogP contribution < -0.4 is 20.3 Å². The molecule has 3 rings (SSSR count). The van der Waals surface area contributed by atoms with E-state index in [-0.39, 0.29) is 18.4 Å². The minimum Gasteiger partial charge on any atom is -0.494 e. The molecule has 0 atom stereocenters. The summed E-state index contributed by atoms with van der Waals surface area (Å²) in [4.78, 5) is 27.2. The third-order valence-electron chi connectivity index (χ3n) is 4.78. The maximum atomic E-state index is 13.0. The first kappa shape index (κ1) is 22.9. The highest BCUT2D eigenvalue weighted by atomic mass is 16.5. The van der Waals surface area contributed by atoms with Gasteiger partial charge in [0, 0.05) is 35.2 Å². The van der Waals surface area contributed by atoms with Gasteiger partial charge in [-0.15, -0.1) is 0 Å². The molecule has 6 nitrogen and oxygen atoms in total. The minimum absolute atomic E-state index is 0.0977. The van der Waals surface area contributed by atoms with Gasteiger partial charge in [0.05, 0.1) is 13.2 Å². The molecule has 0 aliphatic rings. The van der Waals surface area contributed by atoms with Crippen molar-refractivity contribution < 1.29 is 14.3 Å². The topological polar surface area (TPSA) is 70.7 Å². The number of amides is 2. The van der Waals surface area contributed by atoms with Crippen LogP contribution in [0.1, 0.15) is 30.6 Å². The first-order valence-corrected chi connectivity index (χ1v) is 10.8. The Morgan fingerprint density at radius 2 is 1.62 bits per heavy atom. The number of benzene rings is 3. The summed E-state index contributed by atoms with van der Waals surface area (Å²) in [6.07, 6.45) is 0.934. The molecule has 3 aromatic carbocycles. The van der Waals surface area contributed by atoms with Crippen molar-refractivity contribution >= 4 is 28.9 Å². The molecule has 6 heteroatoms. The molecule has 32 heavy (non-hydrogen) atoms. The zero-order chi connectivity index (χ0) is 22.8. The number of hydrogen-bond donors (Lipinski definition) is 2. The Morgan fingerprint density at radius 1 is 0.875 bits per heavy atom. The monoisotopic (exact) mass is 431 g/mol. The number of hydrogen-bond acceptors (Lipinski definition) is 4. The van der Waals surface area contributed by atoms with Gasteiger partial charge in [-0.25, -0.2) is 0 Å². The Bertz CT molecular complexity index is 1040. The van der Waals surface area contributed by atoms with E-state index in [9.17, 15) is 9.59 Å². The lowest BCUT2D eigenvalue weighted by Crippen LogP contribution is -2.30. The second kappa shape index (κ2) is 11.6. The van der Waals surface area contributed by atoms with E-state index in [1.165, 1.54) is 0 Å². The van der Waals surface area contributed by atoms with Crippen molar-refractivity contribution in [2.24, 2.45) is 0 Å². The molecule has 0 saturated heterocycles. The van der Waals surface area contributed by atoms with Crippen LogP contribution in [-0.2, 0) is 4.79 Å². The second-order valence-corrected chi connectivity index (χ2v) is 7.24. The molecule has 2 N–H and O–H groups in total. The van der Waals surface area contributed by atoms with Gasteiger partial charge in [0.15, 0.2) is 0 Å². The summed E-state index contributed by atoms with van der Waals surface area (Å²) in [5.74, 6) is 0.448. The van der Waals surface area contributed by atoms with Gasteiger partial charge in [-0.3, -0.25) is 9.59 Å². The van der Waals surface area contributed by atoms with Crippen LogP contribution in [0.15, 0.2) is 78.9 Å². The van der Waals surface area contributed by atoms with Crippen LogP contribution in [0.4, 0.5) is 17.1 Å². The largest absolute Gasteiger partial charge is 0.494 e. The summed E-state index contributed by atoms with van der Waals surface area (Å²) in [5.41, 5.74) is 2.73. The highest BCUT2D eigenvalue weighted by Crippen LogP contribution is 2.19. The molecule has 2 amide bonds. The fraction of sp³-hybridized carbons (Fsp3) is 0.231. The Labute approximate surface area is 189 Å². The number of carbonyl (C=O) groups is 2. The van der Waals surface area contributed by atoms with Crippen LogP contribution in [-0.4, -0.2) is 31.5 Å². The van der Waals surface area contributed by atoms with Gasteiger partial charge in [0.1, 0.15) is 5.75 Å². The van der Waals surface area contributed by atoms with Crippen LogP contribution in [0, 0.1) is 0 Å². The average molecular weight is 432 g/mol. The zero-order valence-electron chi connectivity index (χ0n) is 18.5. The van der Waals surface area contributed by atoms with Crippen molar-refractivity contribution in [3.8, 4) is 5.75 Å². The van der Waals surface area contributed by atoms with E-state index in [4.69, 9.17) is 4.74 Å². The molecule has 0 radical (unpaired) electrons. The Balaban J connectivity index is 1.60. The summed E-state index contributed by atoms with van der Waals surface area (Å²) in [6, 6.07) is 24.0. The standard InChI is InChI=1S/C26H29N3O3/c1-3-16-32-24-15-9-11-21(18-24)27-19-25(30)28-22-12-8-10-20(17-22)26(31)29(4-2)23-13-6-5-7-14-23/h5-15,17-18,27H,3-4,16,19H2,1-2H3,(H,28,30). The summed E-state index contributed by atoms with van der Waals surface area (Å²) >= 11 is 0. The molecule has 0 saturated carbocycles. The zero-order valence-corrected chi connectivity index (χ0v) is 18.5. The van der Waals surface area contributed by atoms with Crippen molar-refractivity contribution in [2.45, 2.75) is 20.3 Å². The van der Waals surface area contributed by atoms with Gasteiger partial charge in [0.25, 0.3) is 5.91 Å². The van der Waals surface area contributed by atoms with Crippen LogP contribution in [0.2, 0.25) is 0 Å². The van der Waals surface area contributed by atoms with Crippen LogP contribution in [0.5, 0.6) is 5.75 Å². The lowest BCUT2D eigenvalue weighted by molar-refractivity contribution is -0.114. The van der Waals surface area contributed by atoms with E-state index in [2.05, 4.69) is 17.6 Å². The molecule has 0 aliphatic carbocycles. The first-order valence-electron chi connectivity index (χ1n) is 10.8. The number of para-hydroxylation sites is 1. The van der Waals surface area contributed by atoms with Gasteiger partial charge in [-0.2, -0.15) is 0 Å². The number of ether oxygens (including phenoxy) is 1. The molecule has 0 aromatic heterocycles. The van der Waals surface area contributed by atoms with E-state index in [0.29, 0.717) is 24.4 Å². The fourth-order valence-corrected chi connectivity index (χ4v) is 3.24. The fourth-order valence-electron chi connectivity index (χ4n) is 3.24. The number of carbonyl (C=O) groups excluding carboxylic acids is 2. The van der Waals surface area contributed by atoms with Crippen molar-refractivity contribution in [1.82, 2.24) is 0 Å². The SMILES string of the molecule is CCCOc1cccc(NCC(=O)Nc2cccc(C(=O)N(CC)c3ccccc3)c2)c1. The van der Waals surface area contributed by atoms with Crippen molar-refractivity contribution in [3.05, 3.63) is 84.4 Å². The summed E-state index contributed by atoms with van der Waals surface area (Å²) in [6.45, 7) is 5.28. The van der Waals surface area contributed by atoms with E-state index < -0.39 is 0 Å². The van der Waals surface area contributed by atoms with E-state index in [1.54, 1.807) is 29.2 Å². The van der Waals surface area contributed by atoms with Crippen molar-refractivity contribution in [3.63, 3.8) is 0 Å². The maximum absolute atomic E-state index is 13.0. The third-order valence-corrected chi connectivity index (χ3v) is 4.78. The quantitative estimate of drug-likeness (QED) is 0.463. The van der Waals surface area contributed by atoms with E-state index in [0.717, 1.165) is 23.5 Å². The Kier molecular flexibility index (Phi) is 8.26. The second-order valence-electron chi connectivity index (χ2n) is 7.24. The third kappa shape index (κ3) is 6.35. The normalized spacial score (nSPS) is 10.3. The Morgan fingerprint density at radius 3 is 2.38 bits per heavy atom. The average Bonchev–Trinajstić information content (AvgIpc) is 2.83. The minimum atomic E-state index is -0.204.